The molecule has 1 fully saturated rings. The standard InChI is InChI=1S/C23H31NO6/c1-8-14-23(15-17(2)3)19(25)30-22(5,28-7)21(4,27-6)24(23)20(26)29-16-18-12-10-9-11-13-18/h8-13H,1-2,14-16H2,3-7H3/t21-,22+,23+/m1/s1. The van der Waals surface area contributed by atoms with Gasteiger partial charge >= 0.3 is 12.1 Å². The number of carbonyl (C=O) groups excluding carboxylic acids is 2. The van der Waals surface area contributed by atoms with Crippen LogP contribution in [0.4, 0.5) is 4.79 Å². The Kier molecular flexibility index (Phi) is 7.10. The Balaban J connectivity index is 2.58. The number of morpholine rings is 1. The minimum atomic E-state index is -1.57. The lowest BCUT2D eigenvalue weighted by Gasteiger charge is -2.58. The Morgan fingerprint density at radius 3 is 2.33 bits per heavy atom. The van der Waals surface area contributed by atoms with E-state index in [1.165, 1.54) is 19.1 Å². The van der Waals surface area contributed by atoms with Crippen LogP contribution in [0.2, 0.25) is 0 Å². The van der Waals surface area contributed by atoms with Crippen LogP contribution < -0.4 is 0 Å². The van der Waals surface area contributed by atoms with Crippen LogP contribution in [0.25, 0.3) is 0 Å². The van der Waals surface area contributed by atoms with E-state index in [2.05, 4.69) is 13.2 Å². The summed E-state index contributed by atoms with van der Waals surface area (Å²) in [6, 6.07) is 9.27. The predicted molar refractivity (Wildman–Crippen MR) is 112 cm³/mol. The summed E-state index contributed by atoms with van der Waals surface area (Å²) in [5.41, 5.74) is -1.42. The van der Waals surface area contributed by atoms with Crippen molar-refractivity contribution in [3.63, 3.8) is 0 Å². The number of nitrogens with zero attached hydrogens (tertiary/aromatic N) is 1. The highest BCUT2D eigenvalue weighted by Gasteiger charge is 2.68. The number of hydrogen-bond donors (Lipinski definition) is 0. The van der Waals surface area contributed by atoms with Crippen molar-refractivity contribution in [1.82, 2.24) is 4.90 Å². The van der Waals surface area contributed by atoms with Gasteiger partial charge in [0.05, 0.1) is 0 Å². The lowest BCUT2D eigenvalue weighted by molar-refractivity contribution is -0.361. The molecule has 2 rings (SSSR count). The molecule has 1 aliphatic rings. The van der Waals surface area contributed by atoms with Crippen LogP contribution in [0.5, 0.6) is 0 Å². The van der Waals surface area contributed by atoms with Crippen molar-refractivity contribution in [2.24, 2.45) is 0 Å². The van der Waals surface area contributed by atoms with E-state index in [0.29, 0.717) is 5.57 Å². The highest BCUT2D eigenvalue weighted by Crippen LogP contribution is 2.47. The van der Waals surface area contributed by atoms with Crippen molar-refractivity contribution in [2.45, 2.75) is 57.3 Å². The van der Waals surface area contributed by atoms with E-state index in [-0.39, 0.29) is 19.4 Å². The van der Waals surface area contributed by atoms with Crippen LogP contribution in [-0.4, -0.2) is 48.2 Å². The van der Waals surface area contributed by atoms with Crippen LogP contribution in [0.1, 0.15) is 39.2 Å². The molecule has 1 heterocycles. The van der Waals surface area contributed by atoms with Gasteiger partial charge in [0.2, 0.25) is 5.72 Å². The van der Waals surface area contributed by atoms with Crippen LogP contribution in [0.3, 0.4) is 0 Å². The molecule has 0 unspecified atom stereocenters. The summed E-state index contributed by atoms with van der Waals surface area (Å²) in [5, 5.41) is 0. The lowest BCUT2D eigenvalue weighted by atomic mass is 9.81. The summed E-state index contributed by atoms with van der Waals surface area (Å²) in [7, 11) is 2.81. The Morgan fingerprint density at radius 2 is 1.83 bits per heavy atom. The van der Waals surface area contributed by atoms with Gasteiger partial charge in [0.25, 0.3) is 5.79 Å². The number of rotatable bonds is 8. The number of esters is 1. The first-order valence-corrected chi connectivity index (χ1v) is 9.70. The van der Waals surface area contributed by atoms with Gasteiger partial charge in [-0.25, -0.2) is 9.59 Å². The molecule has 0 spiro atoms. The van der Waals surface area contributed by atoms with Gasteiger partial charge in [0.1, 0.15) is 6.61 Å². The van der Waals surface area contributed by atoms with Gasteiger partial charge in [-0.15, -0.1) is 13.2 Å². The predicted octanol–water partition coefficient (Wildman–Crippen LogP) is 4.19. The highest BCUT2D eigenvalue weighted by molar-refractivity contribution is 5.88. The topological polar surface area (TPSA) is 74.3 Å². The third-order valence-corrected chi connectivity index (χ3v) is 5.62. The zero-order valence-electron chi connectivity index (χ0n) is 18.4. The molecule has 1 amide bonds. The molecule has 1 saturated heterocycles. The molecule has 0 N–H and O–H groups in total. The van der Waals surface area contributed by atoms with Gasteiger partial charge < -0.3 is 18.9 Å². The second kappa shape index (κ2) is 9.02. The number of methoxy groups -OCH3 is 2. The van der Waals surface area contributed by atoms with E-state index in [0.717, 1.165) is 5.56 Å². The monoisotopic (exact) mass is 417 g/mol. The summed E-state index contributed by atoms with van der Waals surface area (Å²) in [5.74, 6) is -2.20. The fourth-order valence-corrected chi connectivity index (χ4v) is 3.85. The van der Waals surface area contributed by atoms with Crippen LogP contribution in [-0.2, 0) is 30.3 Å². The Morgan fingerprint density at radius 1 is 1.20 bits per heavy atom. The number of amides is 1. The summed E-state index contributed by atoms with van der Waals surface area (Å²) < 4.78 is 22.6. The Hall–Kier alpha value is -2.64. The minimum absolute atomic E-state index is 0.0337. The third kappa shape index (κ3) is 4.00. The highest BCUT2D eigenvalue weighted by atomic mass is 16.7. The average molecular weight is 418 g/mol. The van der Waals surface area contributed by atoms with Crippen molar-refractivity contribution in [3.05, 3.63) is 60.7 Å². The molecule has 164 valence electrons. The molecule has 0 saturated carbocycles. The van der Waals surface area contributed by atoms with Crippen molar-refractivity contribution in [3.8, 4) is 0 Å². The zero-order valence-corrected chi connectivity index (χ0v) is 18.4. The quantitative estimate of drug-likeness (QED) is 0.466. The van der Waals surface area contributed by atoms with Crippen LogP contribution in [0.15, 0.2) is 55.1 Å². The maximum Gasteiger partial charge on any atom is 0.413 e. The van der Waals surface area contributed by atoms with Gasteiger partial charge in [0.15, 0.2) is 5.54 Å². The molecule has 1 aromatic carbocycles. The van der Waals surface area contributed by atoms with E-state index in [4.69, 9.17) is 18.9 Å². The van der Waals surface area contributed by atoms with Gasteiger partial charge in [-0.1, -0.05) is 42.0 Å². The van der Waals surface area contributed by atoms with Crippen LogP contribution >= 0.6 is 0 Å². The smallest absolute Gasteiger partial charge is 0.413 e. The normalized spacial score (nSPS) is 28.6. The number of carbonyl (C=O) groups is 2. The van der Waals surface area contributed by atoms with Crippen molar-refractivity contribution < 1.29 is 28.5 Å². The van der Waals surface area contributed by atoms with E-state index in [1.807, 2.05) is 30.3 Å². The van der Waals surface area contributed by atoms with Crippen molar-refractivity contribution >= 4 is 12.1 Å². The molecule has 7 nitrogen and oxygen atoms in total. The van der Waals surface area contributed by atoms with E-state index in [1.54, 1.807) is 26.8 Å². The molecule has 0 bridgehead atoms. The van der Waals surface area contributed by atoms with Crippen molar-refractivity contribution in [2.75, 3.05) is 14.2 Å². The minimum Gasteiger partial charge on any atom is -0.444 e. The van der Waals surface area contributed by atoms with Gasteiger partial charge in [0, 0.05) is 27.6 Å². The average Bonchev–Trinajstić information content (AvgIpc) is 2.71. The molecule has 0 aliphatic carbocycles. The number of hydrogen-bond acceptors (Lipinski definition) is 6. The van der Waals surface area contributed by atoms with Gasteiger partial charge in [-0.2, -0.15) is 0 Å². The number of cyclic esters (lactones) is 1. The summed E-state index contributed by atoms with van der Waals surface area (Å²) >= 11 is 0. The lowest BCUT2D eigenvalue weighted by Crippen LogP contribution is -2.79. The van der Waals surface area contributed by atoms with Crippen molar-refractivity contribution in [1.29, 1.82) is 0 Å². The van der Waals surface area contributed by atoms with E-state index >= 15 is 0 Å². The summed E-state index contributed by atoms with van der Waals surface area (Å²) in [4.78, 5) is 28.1. The maximum atomic E-state index is 13.5. The third-order valence-electron chi connectivity index (χ3n) is 5.62. The van der Waals surface area contributed by atoms with Crippen LogP contribution in [0, 0.1) is 0 Å². The Labute approximate surface area is 178 Å². The molecule has 0 radical (unpaired) electrons. The largest absolute Gasteiger partial charge is 0.444 e. The second-order valence-corrected chi connectivity index (χ2v) is 7.76. The molecular weight excluding hydrogens is 386 g/mol. The van der Waals surface area contributed by atoms with E-state index in [9.17, 15) is 9.59 Å². The molecule has 0 aromatic heterocycles. The molecular formula is C23H31NO6. The first kappa shape index (κ1) is 23.6. The SMILES string of the molecule is C=CC[C@]1(CC(=C)C)C(=O)O[C@](C)(OC)[C@@](C)(OC)N1C(=O)OCc1ccccc1. The molecule has 3 atom stereocenters. The van der Waals surface area contributed by atoms with E-state index < -0.39 is 29.1 Å². The number of benzene rings is 1. The fraction of sp³-hybridized carbons (Fsp3) is 0.478. The first-order valence-electron chi connectivity index (χ1n) is 9.70. The fourth-order valence-electron chi connectivity index (χ4n) is 3.85. The van der Waals surface area contributed by atoms with Gasteiger partial charge in [-0.3, -0.25) is 4.90 Å². The summed E-state index contributed by atoms with van der Waals surface area (Å²) in [6.07, 6.45) is 1.11. The zero-order chi connectivity index (χ0) is 22.6. The molecule has 7 heteroatoms. The summed E-state index contributed by atoms with van der Waals surface area (Å²) in [6.45, 7) is 12.7. The molecule has 1 aromatic rings. The molecule has 30 heavy (non-hydrogen) atoms. The first-order chi connectivity index (χ1) is 14.1. The van der Waals surface area contributed by atoms with Gasteiger partial charge in [-0.05, 0) is 25.8 Å². The second-order valence-electron chi connectivity index (χ2n) is 7.76. The molecule has 1 aliphatic heterocycles. The Bertz CT molecular complexity index is 809. The number of ether oxygens (including phenoxy) is 4. The maximum absolute atomic E-state index is 13.5.